The highest BCUT2D eigenvalue weighted by Crippen LogP contribution is 2.41. The van der Waals surface area contributed by atoms with Crippen LogP contribution in [0.5, 0.6) is 0 Å². The quantitative estimate of drug-likeness (QED) is 0.799. The van der Waals surface area contributed by atoms with E-state index in [0.29, 0.717) is 32.6 Å². The van der Waals surface area contributed by atoms with Gasteiger partial charge in [-0.05, 0) is 30.4 Å². The van der Waals surface area contributed by atoms with Crippen LogP contribution in [0.25, 0.3) is 0 Å². The van der Waals surface area contributed by atoms with Crippen molar-refractivity contribution in [1.29, 1.82) is 0 Å². The summed E-state index contributed by atoms with van der Waals surface area (Å²) >= 11 is 0. The first-order chi connectivity index (χ1) is 11.9. The summed E-state index contributed by atoms with van der Waals surface area (Å²) in [4.78, 5) is 14.8. The van der Waals surface area contributed by atoms with Gasteiger partial charge >= 0.3 is 0 Å². The largest absolute Gasteiger partial charge is 0.354 e. The molecule has 7 heteroatoms. The topological polar surface area (TPSA) is 62.6 Å². The van der Waals surface area contributed by atoms with Crippen LogP contribution in [0.1, 0.15) is 38.5 Å². The van der Waals surface area contributed by atoms with Gasteiger partial charge in [-0.3, -0.25) is 4.79 Å². The molecule has 1 aliphatic heterocycles. The van der Waals surface area contributed by atoms with Crippen LogP contribution in [-0.2, 0) is 21.4 Å². The van der Waals surface area contributed by atoms with Crippen LogP contribution in [-0.4, -0.2) is 60.5 Å². The predicted molar refractivity (Wildman–Crippen MR) is 97.6 cm³/mol. The molecule has 25 heavy (non-hydrogen) atoms. The highest BCUT2D eigenvalue weighted by molar-refractivity contribution is 7.88. The monoisotopic (exact) mass is 367 g/mol. The predicted octanol–water partition coefficient (Wildman–Crippen LogP) is 1.93. The molecule has 1 aromatic rings. The van der Waals surface area contributed by atoms with Gasteiger partial charge in [0.05, 0.1) is 6.26 Å². The Morgan fingerprint density at radius 1 is 1.00 bits per heavy atom. The van der Waals surface area contributed by atoms with E-state index in [1.807, 2.05) is 17.0 Å². The Hall–Kier alpha value is -1.34. The first kappa shape index (κ1) is 18.5. The molecule has 140 valence electrons. The smallest absolute Gasteiger partial charge is 0.223 e. The van der Waals surface area contributed by atoms with Crippen LogP contribution in [0.2, 0.25) is 0 Å². The minimum atomic E-state index is -3.16. The number of aromatic nitrogens is 1. The van der Waals surface area contributed by atoms with Crippen molar-refractivity contribution in [3.8, 4) is 0 Å². The number of carbonyl (C=O) groups is 1. The van der Waals surface area contributed by atoms with Gasteiger partial charge in [-0.2, -0.15) is 4.31 Å². The zero-order valence-electron chi connectivity index (χ0n) is 15.1. The average molecular weight is 368 g/mol. The zero-order chi connectivity index (χ0) is 17.9. The Kier molecular flexibility index (Phi) is 5.53. The maximum atomic E-state index is 12.9. The second-order valence-electron chi connectivity index (χ2n) is 7.64. The summed E-state index contributed by atoms with van der Waals surface area (Å²) in [7, 11) is -3.16. The van der Waals surface area contributed by atoms with Gasteiger partial charge in [0.15, 0.2) is 0 Å². The Morgan fingerprint density at radius 2 is 1.60 bits per heavy atom. The second kappa shape index (κ2) is 7.50. The molecule has 0 spiro atoms. The van der Waals surface area contributed by atoms with Gasteiger partial charge < -0.3 is 9.47 Å². The van der Waals surface area contributed by atoms with Crippen molar-refractivity contribution in [2.45, 2.75) is 45.1 Å². The van der Waals surface area contributed by atoms with Crippen molar-refractivity contribution in [1.82, 2.24) is 13.8 Å². The summed E-state index contributed by atoms with van der Waals surface area (Å²) in [5, 5.41) is 0. The first-order valence-corrected chi connectivity index (χ1v) is 11.1. The standard InChI is InChI=1S/C18H29N3O3S/c1-25(23,24)21-13-11-20(12-14-21)17(22)15-18(7-3-2-4-8-18)16-19-9-5-6-10-19/h5-6,9-10H,2-4,7-8,11-16H2,1H3. The Labute approximate surface area is 150 Å². The van der Waals surface area contributed by atoms with Crippen molar-refractivity contribution in [2.75, 3.05) is 32.4 Å². The van der Waals surface area contributed by atoms with E-state index < -0.39 is 10.0 Å². The number of hydrogen-bond donors (Lipinski definition) is 0. The van der Waals surface area contributed by atoms with E-state index >= 15 is 0 Å². The van der Waals surface area contributed by atoms with E-state index in [9.17, 15) is 13.2 Å². The number of sulfonamides is 1. The van der Waals surface area contributed by atoms with Gasteiger partial charge in [-0.1, -0.05) is 19.3 Å². The van der Waals surface area contributed by atoms with E-state index in [4.69, 9.17) is 0 Å². The van der Waals surface area contributed by atoms with Crippen LogP contribution in [0.3, 0.4) is 0 Å². The third kappa shape index (κ3) is 4.64. The molecule has 0 atom stereocenters. The van der Waals surface area contributed by atoms with Crippen molar-refractivity contribution in [2.24, 2.45) is 5.41 Å². The molecule has 0 aromatic carbocycles. The maximum absolute atomic E-state index is 12.9. The lowest BCUT2D eigenvalue weighted by atomic mass is 9.71. The summed E-state index contributed by atoms with van der Waals surface area (Å²) in [5.41, 5.74) is 0.0440. The first-order valence-electron chi connectivity index (χ1n) is 9.22. The Balaban J connectivity index is 1.63. The van der Waals surface area contributed by atoms with E-state index in [2.05, 4.69) is 17.0 Å². The van der Waals surface area contributed by atoms with Gasteiger partial charge in [0.1, 0.15) is 0 Å². The third-order valence-electron chi connectivity index (χ3n) is 5.68. The number of carbonyl (C=O) groups excluding carboxylic acids is 1. The summed E-state index contributed by atoms with van der Waals surface area (Å²) < 4.78 is 26.9. The zero-order valence-corrected chi connectivity index (χ0v) is 15.9. The number of nitrogens with zero attached hydrogens (tertiary/aromatic N) is 3. The number of hydrogen-bond acceptors (Lipinski definition) is 3. The van der Waals surface area contributed by atoms with Crippen molar-refractivity contribution in [3.63, 3.8) is 0 Å². The molecule has 0 bridgehead atoms. The molecule has 0 N–H and O–H groups in total. The minimum absolute atomic E-state index is 0.0440. The molecule has 0 unspecified atom stereocenters. The number of amides is 1. The van der Waals surface area contributed by atoms with Crippen LogP contribution in [0.4, 0.5) is 0 Å². The highest BCUT2D eigenvalue weighted by Gasteiger charge is 2.37. The molecule has 6 nitrogen and oxygen atoms in total. The van der Waals surface area contributed by atoms with Gasteiger partial charge in [0.25, 0.3) is 0 Å². The van der Waals surface area contributed by atoms with Gasteiger partial charge in [0, 0.05) is 51.5 Å². The maximum Gasteiger partial charge on any atom is 0.223 e. The molecule has 0 radical (unpaired) electrons. The second-order valence-corrected chi connectivity index (χ2v) is 9.62. The van der Waals surface area contributed by atoms with E-state index in [0.717, 1.165) is 19.4 Å². The molecule has 1 saturated carbocycles. The molecular formula is C18H29N3O3S. The lowest BCUT2D eigenvalue weighted by Crippen LogP contribution is -2.51. The molecule has 2 heterocycles. The lowest BCUT2D eigenvalue weighted by Gasteiger charge is -2.40. The molecular weight excluding hydrogens is 338 g/mol. The molecule has 1 saturated heterocycles. The molecule has 2 aliphatic rings. The minimum Gasteiger partial charge on any atom is -0.354 e. The SMILES string of the molecule is CS(=O)(=O)N1CCN(C(=O)CC2(Cn3cccc3)CCCCC2)CC1. The highest BCUT2D eigenvalue weighted by atomic mass is 32.2. The van der Waals surface area contributed by atoms with Crippen molar-refractivity contribution >= 4 is 15.9 Å². The fraction of sp³-hybridized carbons (Fsp3) is 0.722. The summed E-state index contributed by atoms with van der Waals surface area (Å²) in [6.45, 7) is 2.73. The van der Waals surface area contributed by atoms with E-state index in [-0.39, 0.29) is 11.3 Å². The summed E-state index contributed by atoms with van der Waals surface area (Å²) in [6.07, 6.45) is 11.8. The molecule has 2 fully saturated rings. The summed E-state index contributed by atoms with van der Waals surface area (Å²) in [6, 6.07) is 4.06. The third-order valence-corrected chi connectivity index (χ3v) is 6.99. The number of piperazine rings is 1. The molecule has 1 aliphatic carbocycles. The van der Waals surface area contributed by atoms with E-state index in [1.165, 1.54) is 29.8 Å². The van der Waals surface area contributed by atoms with Gasteiger partial charge in [-0.25, -0.2) is 8.42 Å². The van der Waals surface area contributed by atoms with Crippen molar-refractivity contribution < 1.29 is 13.2 Å². The summed E-state index contributed by atoms with van der Waals surface area (Å²) in [5.74, 6) is 0.183. The van der Waals surface area contributed by atoms with Crippen LogP contribution >= 0.6 is 0 Å². The van der Waals surface area contributed by atoms with Crippen LogP contribution in [0, 0.1) is 5.41 Å². The van der Waals surface area contributed by atoms with E-state index in [1.54, 1.807) is 0 Å². The number of rotatable bonds is 5. The Bertz CT molecular complexity index is 670. The Morgan fingerprint density at radius 3 is 2.16 bits per heavy atom. The fourth-order valence-electron chi connectivity index (χ4n) is 4.26. The molecule has 3 rings (SSSR count). The van der Waals surface area contributed by atoms with Gasteiger partial charge in [0.2, 0.25) is 15.9 Å². The molecule has 1 amide bonds. The van der Waals surface area contributed by atoms with Crippen LogP contribution < -0.4 is 0 Å². The lowest BCUT2D eigenvalue weighted by molar-refractivity contribution is -0.135. The fourth-order valence-corrected chi connectivity index (χ4v) is 5.08. The van der Waals surface area contributed by atoms with Crippen molar-refractivity contribution in [3.05, 3.63) is 24.5 Å². The van der Waals surface area contributed by atoms with Gasteiger partial charge in [-0.15, -0.1) is 0 Å². The van der Waals surface area contributed by atoms with Crippen LogP contribution in [0.15, 0.2) is 24.5 Å². The average Bonchev–Trinajstić information content (AvgIpc) is 3.07. The normalized spacial score (nSPS) is 22.0. The molecule has 1 aromatic heterocycles.